The van der Waals surface area contributed by atoms with Crippen molar-refractivity contribution in [2.75, 3.05) is 7.11 Å². The van der Waals surface area contributed by atoms with Gasteiger partial charge in [-0.1, -0.05) is 78.2 Å². The Bertz CT molecular complexity index is 750. The number of ether oxygens (including phenoxy) is 2. The van der Waals surface area contributed by atoms with Crippen LogP contribution in [0.3, 0.4) is 0 Å². The number of fused-ring (bicyclic) bond motifs is 5. The number of methoxy groups -OCH3 is 1. The standard InChI is InChI=1S/C32H54O2.C2H6/c1-8-10-30(33-7)34-25-17-19-31(5)24(21-25)13-14-26-28-16-15-27(23(4)12-9-11-22(2)3)32(28,6)20-18-29(26)31;1-2/h12-13,22,25-30H,8-11,14-21H2,1-7H3;1-2H3/b23-12-;. The van der Waals surface area contributed by atoms with E-state index in [1.54, 1.807) is 18.3 Å². The van der Waals surface area contributed by atoms with Crippen molar-refractivity contribution in [2.24, 2.45) is 40.4 Å². The lowest BCUT2D eigenvalue weighted by Crippen LogP contribution is -2.50. The molecular formula is C34H60O2. The van der Waals surface area contributed by atoms with Crippen molar-refractivity contribution in [3.63, 3.8) is 0 Å². The monoisotopic (exact) mass is 500 g/mol. The Hall–Kier alpha value is -0.600. The summed E-state index contributed by atoms with van der Waals surface area (Å²) in [6.45, 7) is 18.7. The van der Waals surface area contributed by atoms with E-state index in [2.05, 4.69) is 53.7 Å². The molecular weight excluding hydrogens is 440 g/mol. The molecule has 0 N–H and O–H groups in total. The maximum Gasteiger partial charge on any atom is 0.157 e. The summed E-state index contributed by atoms with van der Waals surface area (Å²) in [6, 6.07) is 0. The Kier molecular flexibility index (Phi) is 10.8. The molecule has 8 unspecified atom stereocenters. The number of hydrogen-bond donors (Lipinski definition) is 0. The van der Waals surface area contributed by atoms with Crippen LogP contribution < -0.4 is 0 Å². The summed E-state index contributed by atoms with van der Waals surface area (Å²) in [4.78, 5) is 0. The van der Waals surface area contributed by atoms with Crippen molar-refractivity contribution in [3.05, 3.63) is 23.3 Å². The van der Waals surface area contributed by atoms with Crippen LogP contribution in [0.5, 0.6) is 0 Å². The average Bonchev–Trinajstić information content (AvgIpc) is 3.22. The summed E-state index contributed by atoms with van der Waals surface area (Å²) in [7, 11) is 1.80. The molecule has 0 aliphatic heterocycles. The lowest BCUT2D eigenvalue weighted by atomic mass is 9.47. The Morgan fingerprint density at radius 3 is 2.47 bits per heavy atom. The van der Waals surface area contributed by atoms with Gasteiger partial charge >= 0.3 is 0 Å². The molecule has 0 spiro atoms. The van der Waals surface area contributed by atoms with Crippen LogP contribution in [-0.2, 0) is 9.47 Å². The first-order chi connectivity index (χ1) is 17.2. The van der Waals surface area contributed by atoms with Gasteiger partial charge in [0.15, 0.2) is 6.29 Å². The number of rotatable bonds is 9. The fourth-order valence-corrected chi connectivity index (χ4v) is 8.97. The molecule has 0 amide bonds. The zero-order chi connectivity index (χ0) is 26.5. The van der Waals surface area contributed by atoms with Gasteiger partial charge in [-0.2, -0.15) is 0 Å². The van der Waals surface area contributed by atoms with Crippen molar-refractivity contribution < 1.29 is 9.47 Å². The van der Waals surface area contributed by atoms with Gasteiger partial charge in [0.1, 0.15) is 0 Å². The fourth-order valence-electron chi connectivity index (χ4n) is 8.97. The molecule has 36 heavy (non-hydrogen) atoms. The molecule has 0 aromatic heterocycles. The van der Waals surface area contributed by atoms with Gasteiger partial charge in [0.25, 0.3) is 0 Å². The molecule has 3 saturated carbocycles. The van der Waals surface area contributed by atoms with Crippen molar-refractivity contribution >= 4 is 0 Å². The van der Waals surface area contributed by atoms with E-state index in [1.807, 2.05) is 13.8 Å². The van der Waals surface area contributed by atoms with E-state index in [0.717, 1.165) is 48.9 Å². The Balaban J connectivity index is 0.00000176. The molecule has 8 atom stereocenters. The normalized spacial score (nSPS) is 38.9. The molecule has 0 aromatic rings. The summed E-state index contributed by atoms with van der Waals surface area (Å²) >= 11 is 0. The minimum absolute atomic E-state index is 0.0288. The Morgan fingerprint density at radius 1 is 1.06 bits per heavy atom. The van der Waals surface area contributed by atoms with Crippen LogP contribution in [-0.4, -0.2) is 19.5 Å². The van der Waals surface area contributed by atoms with E-state index in [0.29, 0.717) is 16.9 Å². The highest BCUT2D eigenvalue weighted by molar-refractivity contribution is 5.26. The summed E-state index contributed by atoms with van der Waals surface area (Å²) in [5.74, 6) is 4.31. The van der Waals surface area contributed by atoms with E-state index in [-0.39, 0.29) is 6.29 Å². The molecule has 3 fully saturated rings. The molecule has 0 radical (unpaired) electrons. The highest BCUT2D eigenvalue weighted by Gasteiger charge is 2.58. The summed E-state index contributed by atoms with van der Waals surface area (Å²) in [5.41, 5.74) is 4.35. The summed E-state index contributed by atoms with van der Waals surface area (Å²) < 4.78 is 12.0. The SMILES string of the molecule is CC.CCCC(OC)OC1CCC2(C)C(=CCC3C2CCC2(C)C(/C(C)=C\CCC(C)C)CCC32)C1. The Labute approximate surface area is 225 Å². The molecule has 4 aliphatic carbocycles. The minimum Gasteiger partial charge on any atom is -0.356 e. The first kappa shape index (κ1) is 29.9. The molecule has 0 saturated heterocycles. The second kappa shape index (κ2) is 13.0. The van der Waals surface area contributed by atoms with E-state index < -0.39 is 0 Å². The third kappa shape index (κ3) is 6.01. The average molecular weight is 501 g/mol. The van der Waals surface area contributed by atoms with Gasteiger partial charge in [0.05, 0.1) is 6.10 Å². The molecule has 0 bridgehead atoms. The molecule has 208 valence electrons. The molecule has 4 rings (SSSR count). The maximum absolute atomic E-state index is 6.41. The third-order valence-corrected chi connectivity index (χ3v) is 11.0. The number of hydrogen-bond acceptors (Lipinski definition) is 2. The first-order valence-electron chi connectivity index (χ1n) is 15.8. The fraction of sp³-hybridized carbons (Fsp3) is 0.882. The van der Waals surface area contributed by atoms with Crippen LogP contribution in [0.25, 0.3) is 0 Å². The van der Waals surface area contributed by atoms with Gasteiger partial charge < -0.3 is 9.47 Å². The quantitative estimate of drug-likeness (QED) is 0.231. The van der Waals surface area contributed by atoms with Crippen molar-refractivity contribution in [1.29, 1.82) is 0 Å². The minimum atomic E-state index is -0.0288. The highest BCUT2D eigenvalue weighted by atomic mass is 16.7. The van der Waals surface area contributed by atoms with E-state index in [9.17, 15) is 0 Å². The van der Waals surface area contributed by atoms with Crippen LogP contribution in [0, 0.1) is 40.4 Å². The zero-order valence-corrected chi connectivity index (χ0v) is 25.5. The van der Waals surface area contributed by atoms with Gasteiger partial charge in [-0.3, -0.25) is 0 Å². The van der Waals surface area contributed by atoms with Gasteiger partial charge in [-0.05, 0) is 118 Å². The summed E-state index contributed by atoms with van der Waals surface area (Å²) in [5, 5.41) is 0. The lowest BCUT2D eigenvalue weighted by molar-refractivity contribution is -0.168. The predicted octanol–water partition coefficient (Wildman–Crippen LogP) is 10.1. The van der Waals surface area contributed by atoms with Crippen LogP contribution in [0.1, 0.15) is 132 Å². The largest absolute Gasteiger partial charge is 0.356 e. The first-order valence-corrected chi connectivity index (χ1v) is 15.8. The lowest BCUT2D eigenvalue weighted by Gasteiger charge is -2.58. The summed E-state index contributed by atoms with van der Waals surface area (Å²) in [6.07, 6.45) is 21.0. The van der Waals surface area contributed by atoms with E-state index in [1.165, 1.54) is 57.8 Å². The van der Waals surface area contributed by atoms with Gasteiger partial charge in [0, 0.05) is 7.11 Å². The predicted molar refractivity (Wildman–Crippen MR) is 155 cm³/mol. The van der Waals surface area contributed by atoms with E-state index >= 15 is 0 Å². The van der Waals surface area contributed by atoms with Gasteiger partial charge in [-0.15, -0.1) is 0 Å². The molecule has 0 heterocycles. The van der Waals surface area contributed by atoms with Crippen molar-refractivity contribution in [2.45, 2.75) is 145 Å². The van der Waals surface area contributed by atoms with Crippen LogP contribution in [0.15, 0.2) is 23.3 Å². The smallest absolute Gasteiger partial charge is 0.157 e. The number of allylic oxidation sites excluding steroid dienone is 3. The topological polar surface area (TPSA) is 18.5 Å². The van der Waals surface area contributed by atoms with Crippen molar-refractivity contribution in [1.82, 2.24) is 0 Å². The molecule has 4 aliphatic rings. The second-order valence-corrected chi connectivity index (χ2v) is 13.3. The highest BCUT2D eigenvalue weighted by Crippen LogP contribution is 2.67. The second-order valence-electron chi connectivity index (χ2n) is 13.3. The van der Waals surface area contributed by atoms with Crippen molar-refractivity contribution in [3.8, 4) is 0 Å². The van der Waals surface area contributed by atoms with E-state index in [4.69, 9.17) is 9.47 Å². The van der Waals surface area contributed by atoms with Crippen LogP contribution in [0.2, 0.25) is 0 Å². The van der Waals surface area contributed by atoms with Crippen LogP contribution >= 0.6 is 0 Å². The van der Waals surface area contributed by atoms with Gasteiger partial charge in [-0.25, -0.2) is 0 Å². The van der Waals surface area contributed by atoms with Gasteiger partial charge in [0.2, 0.25) is 0 Å². The molecule has 0 aromatic carbocycles. The molecule has 2 heteroatoms. The Morgan fingerprint density at radius 2 is 1.81 bits per heavy atom. The van der Waals surface area contributed by atoms with Crippen LogP contribution in [0.4, 0.5) is 0 Å². The maximum atomic E-state index is 6.41. The third-order valence-electron chi connectivity index (χ3n) is 11.0. The molecule has 2 nitrogen and oxygen atoms in total. The zero-order valence-electron chi connectivity index (χ0n) is 25.5.